The minimum Gasteiger partial charge on any atom is -0.480 e. The second kappa shape index (κ2) is 5.90. The summed E-state index contributed by atoms with van der Waals surface area (Å²) in [4.78, 5) is 27.3. The van der Waals surface area contributed by atoms with E-state index in [0.717, 1.165) is 32.4 Å². The molecule has 1 heterocycles. The Morgan fingerprint density at radius 1 is 1.32 bits per heavy atom. The van der Waals surface area contributed by atoms with Crippen molar-refractivity contribution in [3.8, 4) is 0 Å². The number of likely N-dealkylation sites (tertiary alicyclic amines) is 1. The molecule has 2 rings (SSSR count). The number of hydrogen-bond donors (Lipinski definition) is 1. The molecule has 5 heteroatoms. The van der Waals surface area contributed by atoms with Crippen LogP contribution in [0.25, 0.3) is 0 Å². The van der Waals surface area contributed by atoms with Gasteiger partial charge in [-0.15, -0.1) is 0 Å². The third-order valence-corrected chi connectivity index (χ3v) is 3.86. The van der Waals surface area contributed by atoms with Gasteiger partial charge >= 0.3 is 5.97 Å². The van der Waals surface area contributed by atoms with Gasteiger partial charge in [-0.1, -0.05) is 13.8 Å². The number of carboxylic acids is 1. The molecular weight excluding hydrogens is 244 g/mol. The van der Waals surface area contributed by atoms with Gasteiger partial charge in [0.2, 0.25) is 5.91 Å². The predicted octanol–water partition coefficient (Wildman–Crippen LogP) is 1.18. The van der Waals surface area contributed by atoms with Crippen molar-refractivity contribution < 1.29 is 14.7 Å². The van der Waals surface area contributed by atoms with Gasteiger partial charge in [-0.05, 0) is 38.1 Å². The monoisotopic (exact) mass is 268 g/mol. The van der Waals surface area contributed by atoms with Crippen LogP contribution in [0.15, 0.2) is 0 Å². The third-order valence-electron chi connectivity index (χ3n) is 3.86. The summed E-state index contributed by atoms with van der Waals surface area (Å²) in [6.45, 7) is 6.00. The summed E-state index contributed by atoms with van der Waals surface area (Å²) in [6.07, 6.45) is 3.73. The molecule has 2 aliphatic rings. The highest BCUT2D eigenvalue weighted by molar-refractivity contribution is 5.80. The number of rotatable bonds is 6. The van der Waals surface area contributed by atoms with Crippen molar-refractivity contribution in [2.45, 2.75) is 51.6 Å². The zero-order valence-electron chi connectivity index (χ0n) is 11.8. The molecule has 0 spiro atoms. The first-order valence-electron chi connectivity index (χ1n) is 7.25. The molecule has 1 aliphatic carbocycles. The summed E-state index contributed by atoms with van der Waals surface area (Å²) in [5.74, 6) is -0.241. The van der Waals surface area contributed by atoms with Crippen LogP contribution in [0, 0.1) is 5.92 Å². The molecule has 5 nitrogen and oxygen atoms in total. The Morgan fingerprint density at radius 3 is 2.53 bits per heavy atom. The summed E-state index contributed by atoms with van der Waals surface area (Å²) >= 11 is 0. The Hall–Kier alpha value is -1.10. The van der Waals surface area contributed by atoms with Crippen LogP contribution in [0.1, 0.15) is 39.5 Å². The normalized spacial score (nSPS) is 23.8. The van der Waals surface area contributed by atoms with Crippen LogP contribution >= 0.6 is 0 Å². The first-order valence-corrected chi connectivity index (χ1v) is 7.25. The molecule has 0 unspecified atom stereocenters. The lowest BCUT2D eigenvalue weighted by Crippen LogP contribution is -2.46. The van der Waals surface area contributed by atoms with Gasteiger partial charge in [0.15, 0.2) is 0 Å². The summed E-state index contributed by atoms with van der Waals surface area (Å²) in [7, 11) is 0. The van der Waals surface area contributed by atoms with Crippen molar-refractivity contribution in [2.75, 3.05) is 19.6 Å². The summed E-state index contributed by atoms with van der Waals surface area (Å²) in [6, 6.07) is -0.0650. The van der Waals surface area contributed by atoms with Crippen LogP contribution in [0.3, 0.4) is 0 Å². The zero-order chi connectivity index (χ0) is 14.0. The van der Waals surface area contributed by atoms with Crippen molar-refractivity contribution in [1.82, 2.24) is 9.80 Å². The molecule has 1 amide bonds. The van der Waals surface area contributed by atoms with Crippen LogP contribution in [0.2, 0.25) is 0 Å². The van der Waals surface area contributed by atoms with Gasteiger partial charge in [0, 0.05) is 12.6 Å². The van der Waals surface area contributed by atoms with Gasteiger partial charge in [0.1, 0.15) is 6.04 Å². The summed E-state index contributed by atoms with van der Waals surface area (Å²) < 4.78 is 0. The van der Waals surface area contributed by atoms with E-state index in [0.29, 0.717) is 18.4 Å². The van der Waals surface area contributed by atoms with E-state index < -0.39 is 12.0 Å². The number of amides is 1. The minimum absolute atomic E-state index is 0.101. The van der Waals surface area contributed by atoms with Crippen LogP contribution in [-0.4, -0.2) is 58.5 Å². The molecule has 0 aromatic heterocycles. The van der Waals surface area contributed by atoms with E-state index in [1.165, 1.54) is 0 Å². The maximum atomic E-state index is 12.4. The lowest BCUT2D eigenvalue weighted by Gasteiger charge is -2.28. The first-order chi connectivity index (χ1) is 8.99. The third kappa shape index (κ3) is 3.69. The Balaban J connectivity index is 1.92. The van der Waals surface area contributed by atoms with Gasteiger partial charge in [0.25, 0.3) is 0 Å². The smallest absolute Gasteiger partial charge is 0.320 e. The second-order valence-corrected chi connectivity index (χ2v) is 6.14. The van der Waals surface area contributed by atoms with Crippen LogP contribution in [0.4, 0.5) is 0 Å². The van der Waals surface area contributed by atoms with Crippen molar-refractivity contribution in [2.24, 2.45) is 5.92 Å². The Bertz CT molecular complexity index is 353. The number of carbonyl (C=O) groups is 2. The quantitative estimate of drug-likeness (QED) is 0.786. The largest absolute Gasteiger partial charge is 0.480 e. The first kappa shape index (κ1) is 14.3. The Kier molecular flexibility index (Phi) is 4.45. The standard InChI is InChI=1S/C14H24N2O3/c1-10(2)8-16(11-5-6-11)13(17)9-15-7-3-4-12(15)14(18)19/h10-12H,3-9H2,1-2H3,(H,18,19)/t12-/m0/s1. The second-order valence-electron chi connectivity index (χ2n) is 6.14. The van der Waals surface area contributed by atoms with Gasteiger partial charge < -0.3 is 10.0 Å². The number of carbonyl (C=O) groups excluding carboxylic acids is 1. The van der Waals surface area contributed by atoms with Crippen LogP contribution in [-0.2, 0) is 9.59 Å². The molecular formula is C14H24N2O3. The fraction of sp³-hybridized carbons (Fsp3) is 0.857. The van der Waals surface area contributed by atoms with Crippen molar-refractivity contribution in [1.29, 1.82) is 0 Å². The highest BCUT2D eigenvalue weighted by atomic mass is 16.4. The maximum Gasteiger partial charge on any atom is 0.320 e. The summed E-state index contributed by atoms with van der Waals surface area (Å²) in [5, 5.41) is 9.14. The van der Waals surface area contributed by atoms with E-state index in [2.05, 4.69) is 13.8 Å². The predicted molar refractivity (Wildman–Crippen MR) is 71.8 cm³/mol. The van der Waals surface area contributed by atoms with E-state index in [9.17, 15) is 9.59 Å². The molecule has 1 saturated heterocycles. The number of nitrogens with zero attached hydrogens (tertiary/aromatic N) is 2. The maximum absolute atomic E-state index is 12.4. The molecule has 19 heavy (non-hydrogen) atoms. The zero-order valence-corrected chi connectivity index (χ0v) is 11.8. The van der Waals surface area contributed by atoms with E-state index in [4.69, 9.17) is 5.11 Å². The van der Waals surface area contributed by atoms with E-state index in [-0.39, 0.29) is 12.5 Å². The molecule has 0 bridgehead atoms. The number of aliphatic carboxylic acids is 1. The lowest BCUT2D eigenvalue weighted by atomic mass is 10.2. The molecule has 0 radical (unpaired) electrons. The van der Waals surface area contributed by atoms with Gasteiger partial charge in [-0.2, -0.15) is 0 Å². The van der Waals surface area contributed by atoms with E-state index >= 15 is 0 Å². The average Bonchev–Trinajstić information content (AvgIpc) is 3.05. The Morgan fingerprint density at radius 2 is 2.00 bits per heavy atom. The molecule has 108 valence electrons. The highest BCUT2D eigenvalue weighted by Gasteiger charge is 2.36. The fourth-order valence-corrected chi connectivity index (χ4v) is 2.79. The van der Waals surface area contributed by atoms with Crippen LogP contribution in [0.5, 0.6) is 0 Å². The highest BCUT2D eigenvalue weighted by Crippen LogP contribution is 2.28. The molecule has 1 atom stereocenters. The van der Waals surface area contributed by atoms with Crippen LogP contribution < -0.4 is 0 Å². The number of hydrogen-bond acceptors (Lipinski definition) is 3. The Labute approximate surface area is 114 Å². The minimum atomic E-state index is -0.799. The topological polar surface area (TPSA) is 60.9 Å². The van der Waals surface area contributed by atoms with Gasteiger partial charge in [-0.25, -0.2) is 0 Å². The van der Waals surface area contributed by atoms with Crippen molar-refractivity contribution in [3.63, 3.8) is 0 Å². The summed E-state index contributed by atoms with van der Waals surface area (Å²) in [5.41, 5.74) is 0. The molecule has 0 aromatic carbocycles. The number of carboxylic acid groups (broad SMARTS) is 1. The van der Waals surface area contributed by atoms with E-state index in [1.54, 1.807) is 0 Å². The molecule has 1 N–H and O–H groups in total. The lowest BCUT2D eigenvalue weighted by molar-refractivity contribution is -0.143. The van der Waals surface area contributed by atoms with E-state index in [1.807, 2.05) is 9.80 Å². The van der Waals surface area contributed by atoms with Crippen molar-refractivity contribution >= 4 is 11.9 Å². The molecule has 1 aliphatic heterocycles. The fourth-order valence-electron chi connectivity index (χ4n) is 2.79. The van der Waals surface area contributed by atoms with Crippen molar-refractivity contribution in [3.05, 3.63) is 0 Å². The molecule has 0 aromatic rings. The average molecular weight is 268 g/mol. The van der Waals surface area contributed by atoms with Gasteiger partial charge in [0.05, 0.1) is 6.54 Å². The SMILES string of the molecule is CC(C)CN(C(=O)CN1CCC[C@H]1C(=O)O)C1CC1. The van der Waals surface area contributed by atoms with Gasteiger partial charge in [-0.3, -0.25) is 14.5 Å². The molecule has 1 saturated carbocycles. The molecule has 2 fully saturated rings.